The molecule has 0 saturated heterocycles. The molecule has 0 radical (unpaired) electrons. The van der Waals surface area contributed by atoms with Gasteiger partial charge in [0.25, 0.3) is 0 Å². The third kappa shape index (κ3) is 4.37. The number of aromatic nitrogens is 4. The summed E-state index contributed by atoms with van der Waals surface area (Å²) in [6.07, 6.45) is 4.38. The quantitative estimate of drug-likeness (QED) is 0.195. The van der Waals surface area contributed by atoms with E-state index in [2.05, 4.69) is 84.9 Å². The maximum atomic E-state index is 6.81. The van der Waals surface area contributed by atoms with Gasteiger partial charge in [0.05, 0.1) is 5.69 Å². The second kappa shape index (κ2) is 10.8. The molecule has 0 spiro atoms. The van der Waals surface area contributed by atoms with Crippen molar-refractivity contribution < 1.29 is 4.74 Å². The molecule has 8 aromatic rings. The molecule has 0 N–H and O–H groups in total. The smallest absolute Gasteiger partial charge is 0.182 e. The maximum absolute atomic E-state index is 6.81. The molecule has 4 heterocycles. The lowest BCUT2D eigenvalue weighted by atomic mass is 9.88. The van der Waals surface area contributed by atoms with E-state index in [4.69, 9.17) is 24.7 Å². The summed E-state index contributed by atoms with van der Waals surface area (Å²) in [5, 5.41) is 4.78. The molecule has 226 valence electrons. The molecular formula is C42H26N4OS. The van der Waals surface area contributed by atoms with Crippen molar-refractivity contribution in [1.82, 2.24) is 19.9 Å². The van der Waals surface area contributed by atoms with Crippen LogP contribution in [-0.2, 0) is 0 Å². The zero-order valence-electron chi connectivity index (χ0n) is 25.6. The van der Waals surface area contributed by atoms with Crippen LogP contribution >= 0.6 is 11.3 Å². The summed E-state index contributed by atoms with van der Waals surface area (Å²) >= 11 is 1.80. The van der Waals surface area contributed by atoms with Crippen LogP contribution in [0.3, 0.4) is 0 Å². The lowest BCUT2D eigenvalue weighted by Crippen LogP contribution is -2.34. The van der Waals surface area contributed by atoms with Crippen molar-refractivity contribution in [3.8, 4) is 51.3 Å². The van der Waals surface area contributed by atoms with Gasteiger partial charge in [0.15, 0.2) is 17.5 Å². The molecule has 2 atom stereocenters. The van der Waals surface area contributed by atoms with E-state index in [1.807, 2.05) is 60.7 Å². The van der Waals surface area contributed by atoms with Gasteiger partial charge >= 0.3 is 0 Å². The summed E-state index contributed by atoms with van der Waals surface area (Å²) in [7, 11) is 0. The first-order valence-electron chi connectivity index (χ1n) is 16.1. The largest absolute Gasteiger partial charge is 0.485 e. The molecule has 1 aliphatic carbocycles. The van der Waals surface area contributed by atoms with Crippen molar-refractivity contribution in [2.24, 2.45) is 0 Å². The Balaban J connectivity index is 1.27. The molecule has 2 aliphatic rings. The average molecular weight is 635 g/mol. The van der Waals surface area contributed by atoms with E-state index in [0.717, 1.165) is 33.7 Å². The van der Waals surface area contributed by atoms with Gasteiger partial charge in [0.2, 0.25) is 0 Å². The van der Waals surface area contributed by atoms with Crippen LogP contribution in [0.25, 0.3) is 77.9 Å². The molecule has 0 bridgehead atoms. The predicted octanol–water partition coefficient (Wildman–Crippen LogP) is 8.42. The van der Waals surface area contributed by atoms with Crippen LogP contribution in [0.2, 0.25) is 0 Å². The number of rotatable bonds is 4. The van der Waals surface area contributed by atoms with Gasteiger partial charge in [-0.25, -0.2) is 19.9 Å². The number of fused-ring (bicyclic) bond motifs is 7. The number of hydrogen-bond donors (Lipinski definition) is 0. The van der Waals surface area contributed by atoms with Crippen LogP contribution in [0, 0.1) is 0 Å². The summed E-state index contributed by atoms with van der Waals surface area (Å²) in [6, 6.07) is 45.8. The Morgan fingerprint density at radius 2 is 1.17 bits per heavy atom. The number of pyridine rings is 1. The first-order valence-corrected chi connectivity index (χ1v) is 16.9. The van der Waals surface area contributed by atoms with E-state index >= 15 is 0 Å². The highest BCUT2D eigenvalue weighted by atomic mass is 32.1. The second-order valence-corrected chi connectivity index (χ2v) is 13.2. The number of thiophene rings is 1. The van der Waals surface area contributed by atoms with Crippen LogP contribution in [0.15, 0.2) is 133 Å². The van der Waals surface area contributed by atoms with E-state index in [1.54, 1.807) is 11.3 Å². The third-order valence-corrected chi connectivity index (χ3v) is 10.4. The summed E-state index contributed by atoms with van der Waals surface area (Å²) in [5.41, 5.74) is 5.44. The highest BCUT2D eigenvalue weighted by Gasteiger charge is 2.38. The molecule has 5 nitrogen and oxygen atoms in total. The number of ether oxygens (including phenoxy) is 1. The minimum atomic E-state index is -0.160. The summed E-state index contributed by atoms with van der Waals surface area (Å²) in [5.74, 6) is 2.50. The molecule has 3 aromatic heterocycles. The van der Waals surface area contributed by atoms with Gasteiger partial charge in [-0.3, -0.25) is 0 Å². The molecule has 1 aliphatic heterocycles. The van der Waals surface area contributed by atoms with Crippen molar-refractivity contribution in [2.75, 3.05) is 0 Å². The molecular weight excluding hydrogens is 609 g/mol. The zero-order chi connectivity index (χ0) is 31.6. The van der Waals surface area contributed by atoms with Gasteiger partial charge in [0.1, 0.15) is 17.5 Å². The van der Waals surface area contributed by atoms with Gasteiger partial charge in [-0.05, 0) is 28.6 Å². The first kappa shape index (κ1) is 27.2. The van der Waals surface area contributed by atoms with Gasteiger partial charge in [-0.1, -0.05) is 121 Å². The van der Waals surface area contributed by atoms with E-state index in [9.17, 15) is 0 Å². The normalized spacial score (nSPS) is 16.0. The van der Waals surface area contributed by atoms with Crippen molar-refractivity contribution in [3.63, 3.8) is 0 Å². The van der Waals surface area contributed by atoms with Gasteiger partial charge < -0.3 is 4.74 Å². The number of hydrogen-bond acceptors (Lipinski definition) is 6. The Hall–Kier alpha value is -5.98. The minimum Gasteiger partial charge on any atom is -0.485 e. The van der Waals surface area contributed by atoms with Crippen LogP contribution < -0.4 is 15.2 Å². The highest BCUT2D eigenvalue weighted by Crippen LogP contribution is 2.48. The molecule has 5 aromatic carbocycles. The highest BCUT2D eigenvalue weighted by molar-refractivity contribution is 7.25. The average Bonchev–Trinajstić information content (AvgIpc) is 3.72. The molecule has 0 saturated carbocycles. The predicted molar refractivity (Wildman–Crippen MR) is 194 cm³/mol. The Bertz CT molecular complexity index is 2610. The van der Waals surface area contributed by atoms with Crippen molar-refractivity contribution >= 4 is 43.7 Å². The van der Waals surface area contributed by atoms with Gasteiger partial charge in [-0.2, -0.15) is 0 Å². The fourth-order valence-electron chi connectivity index (χ4n) is 7.05. The second-order valence-electron chi connectivity index (χ2n) is 12.2. The van der Waals surface area contributed by atoms with Crippen molar-refractivity contribution in [3.05, 3.63) is 149 Å². The summed E-state index contributed by atoms with van der Waals surface area (Å²) < 4.78 is 9.28. The lowest BCUT2D eigenvalue weighted by Gasteiger charge is -2.17. The molecule has 2 unspecified atom stereocenters. The standard InChI is InChI=1S/C42H26N4OS/c1-3-12-25(13-4-1)40-44-41(26-14-5-2-6-15-26)46-42(45-40)39-38-31-22-27-16-7-8-17-28(27)23-33(31)47-34(38)24-32(43-39)29-19-11-21-36-37(29)30-18-9-10-20-35(30)48-36/h1-24,31,33H. The zero-order valence-corrected chi connectivity index (χ0v) is 26.4. The molecule has 0 fully saturated rings. The fourth-order valence-corrected chi connectivity index (χ4v) is 8.18. The van der Waals surface area contributed by atoms with E-state index in [-0.39, 0.29) is 12.0 Å². The Morgan fingerprint density at radius 1 is 0.542 bits per heavy atom. The monoisotopic (exact) mass is 634 g/mol. The van der Waals surface area contributed by atoms with E-state index in [0.29, 0.717) is 23.2 Å². The fraction of sp³-hybridized carbons (Fsp3) is 0.0476. The first-order chi connectivity index (χ1) is 23.8. The minimum absolute atomic E-state index is 0.0404. The van der Waals surface area contributed by atoms with Crippen molar-refractivity contribution in [1.29, 1.82) is 0 Å². The lowest BCUT2D eigenvalue weighted by molar-refractivity contribution is 0.288. The summed E-state index contributed by atoms with van der Waals surface area (Å²) in [6.45, 7) is 0. The van der Waals surface area contributed by atoms with Crippen LogP contribution in [0.5, 0.6) is 5.75 Å². The summed E-state index contributed by atoms with van der Waals surface area (Å²) in [4.78, 5) is 20.7. The van der Waals surface area contributed by atoms with Crippen LogP contribution in [0.4, 0.5) is 0 Å². The van der Waals surface area contributed by atoms with Crippen LogP contribution in [-0.4, -0.2) is 26.0 Å². The van der Waals surface area contributed by atoms with Crippen LogP contribution in [0.1, 0.15) is 11.5 Å². The SMILES string of the molecule is C1=c2ccccc2=CC2c3c(cc(-c4cccc5sc6ccccc6c45)nc3-c3nc(-c4ccccc4)nc(-c4ccccc4)n3)OC12. The van der Waals surface area contributed by atoms with E-state index in [1.165, 1.54) is 30.6 Å². The van der Waals surface area contributed by atoms with Crippen molar-refractivity contribution in [2.45, 2.75) is 12.0 Å². The van der Waals surface area contributed by atoms with Gasteiger partial charge in [-0.15, -0.1) is 11.3 Å². The maximum Gasteiger partial charge on any atom is 0.182 e. The molecule has 10 rings (SSSR count). The Kier molecular flexibility index (Phi) is 6.11. The number of benzene rings is 5. The number of nitrogens with zero attached hydrogens (tertiary/aromatic N) is 4. The van der Waals surface area contributed by atoms with E-state index < -0.39 is 0 Å². The molecule has 48 heavy (non-hydrogen) atoms. The third-order valence-electron chi connectivity index (χ3n) is 9.26. The topological polar surface area (TPSA) is 60.8 Å². The van der Waals surface area contributed by atoms with Gasteiger partial charge in [0, 0.05) is 54.4 Å². The molecule has 6 heteroatoms. The molecule has 0 amide bonds. The Morgan fingerprint density at radius 3 is 1.92 bits per heavy atom. The Labute approximate surface area is 280 Å².